The highest BCUT2D eigenvalue weighted by Gasteiger charge is 2.52. The highest BCUT2D eigenvalue weighted by atomic mass is 35.5. The van der Waals surface area contributed by atoms with Crippen molar-refractivity contribution in [3.63, 3.8) is 0 Å². The Hall–Kier alpha value is -1.60. The highest BCUT2D eigenvalue weighted by Crippen LogP contribution is 2.43. The Morgan fingerprint density at radius 1 is 1.23 bits per heavy atom. The largest absolute Gasteiger partial charge is 0.474 e. The van der Waals surface area contributed by atoms with Gasteiger partial charge in [0.2, 0.25) is 5.88 Å². The van der Waals surface area contributed by atoms with Crippen LogP contribution in [0.15, 0.2) is 18.5 Å². The Kier molecular flexibility index (Phi) is 3.45. The van der Waals surface area contributed by atoms with Crippen LogP contribution >= 0.6 is 11.6 Å². The Balaban J connectivity index is 2.21. The summed E-state index contributed by atoms with van der Waals surface area (Å²) < 4.78 is 44.9. The van der Waals surface area contributed by atoms with Gasteiger partial charge < -0.3 is 9.84 Å². The third-order valence-corrected chi connectivity index (χ3v) is 3.79. The van der Waals surface area contributed by atoms with Crippen molar-refractivity contribution in [1.29, 1.82) is 0 Å². The van der Waals surface area contributed by atoms with Gasteiger partial charge in [-0.05, 0) is 31.2 Å². The number of hydrogen-bond donors (Lipinski definition) is 1. The molecule has 1 atom stereocenters. The van der Waals surface area contributed by atoms with E-state index in [2.05, 4.69) is 9.97 Å². The van der Waals surface area contributed by atoms with Crippen molar-refractivity contribution in [3.8, 4) is 5.88 Å². The molecule has 2 heterocycles. The van der Waals surface area contributed by atoms with Gasteiger partial charge in [-0.15, -0.1) is 0 Å². The molecule has 1 unspecified atom stereocenters. The molecule has 8 heteroatoms. The summed E-state index contributed by atoms with van der Waals surface area (Å²) in [6, 6.07) is 1.27. The van der Waals surface area contributed by atoms with Crippen molar-refractivity contribution < 1.29 is 23.0 Å². The summed E-state index contributed by atoms with van der Waals surface area (Å²) in [6.45, 7) is 0.680. The Labute approximate surface area is 128 Å². The van der Waals surface area contributed by atoms with Crippen LogP contribution in [0, 0.1) is 0 Å². The zero-order valence-corrected chi connectivity index (χ0v) is 12.2. The predicted octanol–water partition coefficient (Wildman–Crippen LogP) is 3.59. The van der Waals surface area contributed by atoms with E-state index in [1.807, 2.05) is 0 Å². The highest BCUT2D eigenvalue weighted by molar-refractivity contribution is 6.30. The van der Waals surface area contributed by atoms with Gasteiger partial charge in [-0.2, -0.15) is 13.2 Å². The zero-order chi connectivity index (χ0) is 16.1. The van der Waals surface area contributed by atoms with Crippen LogP contribution < -0.4 is 4.74 Å². The monoisotopic (exact) mass is 332 g/mol. The number of rotatable bonds is 3. The zero-order valence-electron chi connectivity index (χ0n) is 11.5. The second-order valence-corrected chi connectivity index (χ2v) is 5.80. The van der Waals surface area contributed by atoms with E-state index in [1.165, 1.54) is 12.3 Å². The molecule has 22 heavy (non-hydrogen) atoms. The summed E-state index contributed by atoms with van der Waals surface area (Å²) in [5.41, 5.74) is -3.44. The minimum absolute atomic E-state index is 0.0234. The first kappa shape index (κ1) is 15.3. The summed E-state index contributed by atoms with van der Waals surface area (Å²) in [4.78, 5) is 7.79. The first-order valence-electron chi connectivity index (χ1n) is 6.60. The van der Waals surface area contributed by atoms with E-state index in [0.29, 0.717) is 12.3 Å². The minimum Gasteiger partial charge on any atom is -0.474 e. The van der Waals surface area contributed by atoms with Crippen molar-refractivity contribution in [1.82, 2.24) is 9.97 Å². The van der Waals surface area contributed by atoms with E-state index in [1.54, 1.807) is 0 Å². The smallest absolute Gasteiger partial charge is 0.421 e. The molecule has 0 aliphatic heterocycles. The van der Waals surface area contributed by atoms with Gasteiger partial charge in [0.25, 0.3) is 0 Å². The molecule has 3 rings (SSSR count). The molecule has 2 aromatic heterocycles. The fraction of sp³-hybridized carbons (Fsp3) is 0.429. The lowest BCUT2D eigenvalue weighted by molar-refractivity contribution is -0.258. The Morgan fingerprint density at radius 2 is 1.91 bits per heavy atom. The summed E-state index contributed by atoms with van der Waals surface area (Å²) in [5, 5.41) is 10.4. The first-order valence-corrected chi connectivity index (χ1v) is 6.98. The summed E-state index contributed by atoms with van der Waals surface area (Å²) in [5.74, 6) is 0.198. The molecule has 1 saturated carbocycles. The number of hydrogen-bond acceptors (Lipinski definition) is 4. The second kappa shape index (κ2) is 4.96. The SMILES string of the molecule is CC(O)(c1cnc(OC2CC2)c2cnc(Cl)cc12)C(F)(F)F. The van der Waals surface area contributed by atoms with Gasteiger partial charge in [0.1, 0.15) is 11.3 Å². The molecule has 1 aliphatic carbocycles. The first-order chi connectivity index (χ1) is 10.2. The van der Waals surface area contributed by atoms with Crippen LogP contribution in [0.5, 0.6) is 5.88 Å². The lowest BCUT2D eigenvalue weighted by Crippen LogP contribution is -2.39. The van der Waals surface area contributed by atoms with Crippen molar-refractivity contribution in [3.05, 3.63) is 29.2 Å². The van der Waals surface area contributed by atoms with Crippen LogP contribution in [-0.4, -0.2) is 27.4 Å². The number of fused-ring (bicyclic) bond motifs is 1. The molecule has 0 spiro atoms. The van der Waals surface area contributed by atoms with Crippen molar-refractivity contribution in [2.75, 3.05) is 0 Å². The van der Waals surface area contributed by atoms with E-state index in [4.69, 9.17) is 16.3 Å². The third-order valence-electron chi connectivity index (χ3n) is 3.58. The maximum absolute atomic E-state index is 13.1. The number of pyridine rings is 2. The molecule has 1 N–H and O–H groups in total. The van der Waals surface area contributed by atoms with E-state index >= 15 is 0 Å². The molecule has 4 nitrogen and oxygen atoms in total. The van der Waals surface area contributed by atoms with Crippen LogP contribution in [0.2, 0.25) is 5.15 Å². The van der Waals surface area contributed by atoms with E-state index < -0.39 is 11.8 Å². The second-order valence-electron chi connectivity index (χ2n) is 5.42. The van der Waals surface area contributed by atoms with E-state index in [-0.39, 0.29) is 28.1 Å². The number of nitrogens with zero attached hydrogens (tertiary/aromatic N) is 2. The average Bonchev–Trinajstić information content (AvgIpc) is 3.21. The number of halogens is 4. The molecular weight excluding hydrogens is 321 g/mol. The number of alkyl halides is 3. The minimum atomic E-state index is -4.85. The summed E-state index contributed by atoms with van der Waals surface area (Å²) in [6.07, 6.45) is -0.781. The maximum Gasteiger partial charge on any atom is 0.421 e. The molecule has 0 amide bonds. The van der Waals surface area contributed by atoms with Crippen LogP contribution in [-0.2, 0) is 5.60 Å². The predicted molar refractivity (Wildman–Crippen MR) is 73.8 cm³/mol. The third kappa shape index (κ3) is 2.59. The normalized spacial score (nSPS) is 18.3. The van der Waals surface area contributed by atoms with Gasteiger partial charge >= 0.3 is 6.18 Å². The Morgan fingerprint density at radius 3 is 2.50 bits per heavy atom. The number of ether oxygens (including phenoxy) is 1. The van der Waals surface area contributed by atoms with Crippen LogP contribution in [0.4, 0.5) is 13.2 Å². The standard InChI is InChI=1S/C14H12ClF3N2O2/c1-13(21,14(16,17)18)10-6-20-12(22-7-2-3-7)9-5-19-11(15)4-8(9)10/h4-7,21H,2-3H2,1H3. The Bertz CT molecular complexity index is 730. The molecule has 118 valence electrons. The maximum atomic E-state index is 13.1. The van der Waals surface area contributed by atoms with Gasteiger partial charge in [-0.25, -0.2) is 9.97 Å². The van der Waals surface area contributed by atoms with E-state index in [9.17, 15) is 18.3 Å². The van der Waals surface area contributed by atoms with Gasteiger partial charge in [-0.1, -0.05) is 11.6 Å². The number of aromatic nitrogens is 2. The fourth-order valence-electron chi connectivity index (χ4n) is 2.06. The van der Waals surface area contributed by atoms with Gasteiger partial charge in [0.15, 0.2) is 5.60 Å². The summed E-state index contributed by atoms with van der Waals surface area (Å²) in [7, 11) is 0. The fourth-order valence-corrected chi connectivity index (χ4v) is 2.22. The average molecular weight is 333 g/mol. The quantitative estimate of drug-likeness (QED) is 0.873. The lowest BCUT2D eigenvalue weighted by atomic mass is 9.93. The van der Waals surface area contributed by atoms with Crippen molar-refractivity contribution >= 4 is 22.4 Å². The molecule has 0 saturated heterocycles. The number of aliphatic hydroxyl groups is 1. The van der Waals surface area contributed by atoms with Crippen molar-refractivity contribution in [2.24, 2.45) is 0 Å². The molecule has 0 radical (unpaired) electrons. The molecule has 1 fully saturated rings. The van der Waals surface area contributed by atoms with Gasteiger partial charge in [0.05, 0.1) is 5.39 Å². The van der Waals surface area contributed by atoms with E-state index in [0.717, 1.165) is 19.0 Å². The van der Waals surface area contributed by atoms with Crippen LogP contribution in [0.3, 0.4) is 0 Å². The molecule has 0 bridgehead atoms. The molecule has 1 aliphatic rings. The van der Waals surface area contributed by atoms with Crippen LogP contribution in [0.25, 0.3) is 10.8 Å². The topological polar surface area (TPSA) is 55.2 Å². The van der Waals surface area contributed by atoms with Gasteiger partial charge in [-0.3, -0.25) is 0 Å². The molecule has 2 aromatic rings. The molecular formula is C14H12ClF3N2O2. The van der Waals surface area contributed by atoms with Crippen molar-refractivity contribution in [2.45, 2.75) is 37.6 Å². The lowest BCUT2D eigenvalue weighted by Gasteiger charge is -2.27. The molecule has 0 aromatic carbocycles. The van der Waals surface area contributed by atoms with Crippen LogP contribution in [0.1, 0.15) is 25.3 Å². The van der Waals surface area contributed by atoms with Gasteiger partial charge in [0, 0.05) is 18.0 Å². The summed E-state index contributed by atoms with van der Waals surface area (Å²) >= 11 is 5.79.